The zero-order valence-electron chi connectivity index (χ0n) is 12.9. The smallest absolute Gasteiger partial charge is 0.339 e. The summed E-state index contributed by atoms with van der Waals surface area (Å²) < 4.78 is 5.38. The molecule has 116 valence electrons. The second-order valence-corrected chi connectivity index (χ2v) is 5.07. The van der Waals surface area contributed by atoms with E-state index in [1.807, 2.05) is 0 Å². The molecule has 0 aromatic carbocycles. The van der Waals surface area contributed by atoms with Crippen molar-refractivity contribution in [3.63, 3.8) is 0 Å². The average molecular weight is 303 g/mol. The van der Waals surface area contributed by atoms with Crippen molar-refractivity contribution >= 4 is 11.9 Å². The quantitative estimate of drug-likeness (QED) is 0.927. The molecule has 22 heavy (non-hydrogen) atoms. The highest BCUT2D eigenvalue weighted by Crippen LogP contribution is 2.17. The van der Waals surface area contributed by atoms with Crippen molar-refractivity contribution in [2.75, 3.05) is 7.05 Å². The molecule has 7 nitrogen and oxygen atoms in total. The number of furan rings is 1. The highest BCUT2D eigenvalue weighted by Gasteiger charge is 2.19. The van der Waals surface area contributed by atoms with E-state index in [1.54, 1.807) is 27.8 Å². The lowest BCUT2D eigenvalue weighted by Crippen LogP contribution is -2.27. The number of aryl methyl sites for hydroxylation is 3. The summed E-state index contributed by atoms with van der Waals surface area (Å²) >= 11 is 0. The summed E-state index contributed by atoms with van der Waals surface area (Å²) in [5.41, 5.74) is 1.12. The third kappa shape index (κ3) is 3.13. The van der Waals surface area contributed by atoms with Gasteiger partial charge in [-0.15, -0.1) is 0 Å². The Morgan fingerprint density at radius 2 is 1.95 bits per heavy atom. The van der Waals surface area contributed by atoms with E-state index in [9.17, 15) is 9.59 Å². The predicted octanol–water partition coefficient (Wildman–Crippen LogP) is 1.97. The molecule has 1 N–H and O–H groups in total. The van der Waals surface area contributed by atoms with Crippen LogP contribution >= 0.6 is 0 Å². The molecule has 0 saturated heterocycles. The second kappa shape index (κ2) is 5.97. The Kier molecular flexibility index (Phi) is 4.25. The van der Waals surface area contributed by atoms with Gasteiger partial charge in [0.2, 0.25) is 0 Å². The lowest BCUT2D eigenvalue weighted by molar-refractivity contribution is 0.0694. The van der Waals surface area contributed by atoms with Crippen LogP contribution in [0.1, 0.15) is 43.8 Å². The topological polar surface area (TPSA) is 96.5 Å². The molecule has 0 atom stereocenters. The van der Waals surface area contributed by atoms with Crippen LogP contribution in [-0.2, 0) is 6.54 Å². The third-order valence-corrected chi connectivity index (χ3v) is 3.27. The van der Waals surface area contributed by atoms with Crippen LogP contribution in [0.5, 0.6) is 0 Å². The van der Waals surface area contributed by atoms with Gasteiger partial charge in [-0.2, -0.15) is 0 Å². The van der Waals surface area contributed by atoms with Crippen molar-refractivity contribution in [3.8, 4) is 0 Å². The fraction of sp³-hybridized carbons (Fsp3) is 0.333. The number of aromatic carboxylic acids is 1. The molecule has 0 fully saturated rings. The molecule has 2 rings (SSSR count). The van der Waals surface area contributed by atoms with Crippen molar-refractivity contribution in [3.05, 3.63) is 46.4 Å². The van der Waals surface area contributed by atoms with Crippen LogP contribution in [0.3, 0.4) is 0 Å². The predicted molar refractivity (Wildman–Crippen MR) is 77.7 cm³/mol. The summed E-state index contributed by atoms with van der Waals surface area (Å²) in [7, 11) is 1.61. The summed E-state index contributed by atoms with van der Waals surface area (Å²) in [6.45, 7) is 5.24. The molecule has 0 aliphatic heterocycles. The Morgan fingerprint density at radius 3 is 2.50 bits per heavy atom. The third-order valence-electron chi connectivity index (χ3n) is 3.27. The lowest BCUT2D eigenvalue weighted by atomic mass is 10.2. The fourth-order valence-electron chi connectivity index (χ4n) is 2.14. The van der Waals surface area contributed by atoms with Gasteiger partial charge in [-0.05, 0) is 26.8 Å². The van der Waals surface area contributed by atoms with E-state index in [2.05, 4.69) is 9.97 Å². The van der Waals surface area contributed by atoms with Crippen LogP contribution in [0, 0.1) is 20.8 Å². The second-order valence-electron chi connectivity index (χ2n) is 5.07. The van der Waals surface area contributed by atoms with Crippen molar-refractivity contribution < 1.29 is 19.1 Å². The molecule has 0 saturated carbocycles. The Labute approximate surface area is 127 Å². The van der Waals surface area contributed by atoms with Gasteiger partial charge in [0.1, 0.15) is 22.9 Å². The molecule has 7 heteroatoms. The Hall–Kier alpha value is -2.70. The van der Waals surface area contributed by atoms with E-state index >= 15 is 0 Å². The largest absolute Gasteiger partial charge is 0.478 e. The van der Waals surface area contributed by atoms with E-state index < -0.39 is 5.97 Å². The van der Waals surface area contributed by atoms with Gasteiger partial charge >= 0.3 is 5.97 Å². The van der Waals surface area contributed by atoms with E-state index in [4.69, 9.17) is 9.52 Å². The van der Waals surface area contributed by atoms with E-state index in [-0.39, 0.29) is 18.0 Å². The maximum atomic E-state index is 12.4. The molecule has 2 heterocycles. The summed E-state index contributed by atoms with van der Waals surface area (Å²) in [5.74, 6) is 0.0341. The van der Waals surface area contributed by atoms with E-state index in [0.29, 0.717) is 28.6 Å². The first-order valence-corrected chi connectivity index (χ1v) is 6.68. The summed E-state index contributed by atoms with van der Waals surface area (Å²) in [4.78, 5) is 33.0. The molecule has 0 spiro atoms. The van der Waals surface area contributed by atoms with Gasteiger partial charge in [0.25, 0.3) is 5.91 Å². The molecular formula is C15H17N3O4. The van der Waals surface area contributed by atoms with Crippen LogP contribution in [0.2, 0.25) is 0 Å². The number of carbonyl (C=O) groups excluding carboxylic acids is 1. The van der Waals surface area contributed by atoms with Crippen molar-refractivity contribution in [2.45, 2.75) is 27.3 Å². The number of carboxylic acid groups (broad SMARTS) is 1. The first-order chi connectivity index (χ1) is 10.3. The number of nitrogens with zero attached hydrogens (tertiary/aromatic N) is 3. The number of carbonyl (C=O) groups is 2. The van der Waals surface area contributed by atoms with Gasteiger partial charge in [-0.3, -0.25) is 4.79 Å². The molecule has 0 bridgehead atoms. The lowest BCUT2D eigenvalue weighted by Gasteiger charge is -2.16. The molecule has 0 unspecified atom stereocenters. The standard InChI is InChI=1S/C15H17N3O4/c1-8-13(6-16-10(3)17-8)14(19)18(4)7-11-5-12(15(20)21)9(2)22-11/h5-6H,7H2,1-4H3,(H,20,21). The minimum Gasteiger partial charge on any atom is -0.478 e. The molecule has 2 aromatic rings. The van der Waals surface area contributed by atoms with Crippen LogP contribution in [0.15, 0.2) is 16.7 Å². The highest BCUT2D eigenvalue weighted by molar-refractivity contribution is 5.94. The SMILES string of the molecule is Cc1ncc(C(=O)N(C)Cc2cc(C(=O)O)c(C)o2)c(C)n1. The number of rotatable bonds is 4. The van der Waals surface area contributed by atoms with Gasteiger partial charge in [0.15, 0.2) is 0 Å². The van der Waals surface area contributed by atoms with Crippen molar-refractivity contribution in [2.24, 2.45) is 0 Å². The van der Waals surface area contributed by atoms with Gasteiger partial charge in [-0.25, -0.2) is 14.8 Å². The maximum Gasteiger partial charge on any atom is 0.339 e. The normalized spacial score (nSPS) is 10.5. The zero-order valence-corrected chi connectivity index (χ0v) is 12.9. The Balaban J connectivity index is 2.18. The van der Waals surface area contributed by atoms with Crippen molar-refractivity contribution in [1.29, 1.82) is 0 Å². The van der Waals surface area contributed by atoms with Gasteiger partial charge < -0.3 is 14.4 Å². The number of carboxylic acids is 1. The number of amides is 1. The highest BCUT2D eigenvalue weighted by atomic mass is 16.4. The maximum absolute atomic E-state index is 12.4. The number of hydrogen-bond acceptors (Lipinski definition) is 5. The van der Waals surface area contributed by atoms with Crippen molar-refractivity contribution in [1.82, 2.24) is 14.9 Å². The molecule has 1 amide bonds. The average Bonchev–Trinajstić information content (AvgIpc) is 2.79. The Morgan fingerprint density at radius 1 is 1.27 bits per heavy atom. The molecule has 0 aliphatic carbocycles. The molecule has 0 aliphatic rings. The van der Waals surface area contributed by atoms with Crippen LogP contribution in [0.4, 0.5) is 0 Å². The molecule has 2 aromatic heterocycles. The number of aromatic nitrogens is 2. The number of hydrogen-bond donors (Lipinski definition) is 1. The molecule has 0 radical (unpaired) electrons. The van der Waals surface area contributed by atoms with Gasteiger partial charge in [0.05, 0.1) is 17.8 Å². The first-order valence-electron chi connectivity index (χ1n) is 6.68. The van der Waals surface area contributed by atoms with Crippen LogP contribution in [0.25, 0.3) is 0 Å². The summed E-state index contributed by atoms with van der Waals surface area (Å²) in [5, 5.41) is 9.01. The monoisotopic (exact) mass is 303 g/mol. The minimum atomic E-state index is -1.05. The zero-order chi connectivity index (χ0) is 16.4. The molecular weight excluding hydrogens is 286 g/mol. The Bertz CT molecular complexity index is 736. The fourth-order valence-corrected chi connectivity index (χ4v) is 2.14. The van der Waals surface area contributed by atoms with E-state index in [1.165, 1.54) is 17.2 Å². The van der Waals surface area contributed by atoms with E-state index in [0.717, 1.165) is 0 Å². The van der Waals surface area contributed by atoms with Crippen LogP contribution in [-0.4, -0.2) is 38.9 Å². The minimum absolute atomic E-state index is 0.102. The van der Waals surface area contributed by atoms with Crippen LogP contribution < -0.4 is 0 Å². The first kappa shape index (κ1) is 15.7. The summed E-state index contributed by atoms with van der Waals surface area (Å²) in [6, 6.07) is 1.43. The van der Waals surface area contributed by atoms with Gasteiger partial charge in [-0.1, -0.05) is 0 Å². The summed E-state index contributed by atoms with van der Waals surface area (Å²) in [6.07, 6.45) is 1.49. The van der Waals surface area contributed by atoms with Gasteiger partial charge in [0, 0.05) is 13.2 Å².